The van der Waals surface area contributed by atoms with Gasteiger partial charge >= 0.3 is 0 Å². The van der Waals surface area contributed by atoms with Crippen LogP contribution in [0.4, 0.5) is 11.8 Å². The molecule has 9 heteroatoms. The number of benzene rings is 3. The van der Waals surface area contributed by atoms with E-state index in [-0.39, 0.29) is 0 Å². The third-order valence-electron chi connectivity index (χ3n) is 6.10. The maximum absolute atomic E-state index is 6.04. The first kappa shape index (κ1) is 25.4. The Balaban J connectivity index is 1.42. The number of aromatic nitrogens is 2. The van der Waals surface area contributed by atoms with E-state index in [1.165, 1.54) is 5.56 Å². The number of morpholine rings is 1. The smallest absolute Gasteiger partial charge is 0.228 e. The Morgan fingerprint density at radius 2 is 1.71 bits per heavy atom. The Bertz CT molecular complexity index is 1390. The predicted molar refractivity (Wildman–Crippen MR) is 146 cm³/mol. The molecule has 1 aliphatic rings. The number of para-hydroxylation sites is 1. The van der Waals surface area contributed by atoms with Crippen LogP contribution in [0.2, 0.25) is 0 Å². The lowest BCUT2D eigenvalue weighted by atomic mass is 10.1. The largest absolute Gasteiger partial charge is 0.493 e. The Labute approximate surface area is 222 Å². The van der Waals surface area contributed by atoms with Gasteiger partial charge in [-0.25, -0.2) is 4.98 Å². The van der Waals surface area contributed by atoms with E-state index in [0.29, 0.717) is 74.8 Å². The summed E-state index contributed by atoms with van der Waals surface area (Å²) in [5, 5.41) is 9.74. The first-order valence-electron chi connectivity index (χ1n) is 12.7. The maximum Gasteiger partial charge on any atom is 0.228 e. The summed E-state index contributed by atoms with van der Waals surface area (Å²) < 4.78 is 22.9. The third-order valence-corrected chi connectivity index (χ3v) is 6.10. The topological polar surface area (TPSA) is 90.7 Å². The monoisotopic (exact) mass is 513 g/mol. The molecule has 38 heavy (non-hydrogen) atoms. The van der Waals surface area contributed by atoms with Crippen molar-refractivity contribution in [2.45, 2.75) is 13.5 Å². The minimum atomic E-state index is 0.341. The summed E-state index contributed by atoms with van der Waals surface area (Å²) in [6.07, 6.45) is 0. The van der Waals surface area contributed by atoms with E-state index in [9.17, 15) is 0 Å². The Morgan fingerprint density at radius 1 is 0.895 bits per heavy atom. The van der Waals surface area contributed by atoms with Gasteiger partial charge in [-0.3, -0.25) is 0 Å². The number of fused-ring (bicyclic) bond motifs is 1. The Hall–Kier alpha value is -4.24. The summed E-state index contributed by atoms with van der Waals surface area (Å²) in [7, 11) is 1.61. The van der Waals surface area contributed by atoms with Crippen LogP contribution in [0.25, 0.3) is 10.9 Å². The molecule has 0 N–H and O–H groups in total. The highest BCUT2D eigenvalue weighted by Crippen LogP contribution is 2.36. The summed E-state index contributed by atoms with van der Waals surface area (Å²) in [5.74, 6) is 3.01. The molecule has 3 aromatic carbocycles. The second kappa shape index (κ2) is 12.3. The molecule has 0 spiro atoms. The van der Waals surface area contributed by atoms with Crippen LogP contribution < -0.4 is 19.1 Å². The van der Waals surface area contributed by atoms with Gasteiger partial charge in [-0.2, -0.15) is 10.1 Å². The fourth-order valence-electron chi connectivity index (χ4n) is 4.18. The second-order valence-corrected chi connectivity index (χ2v) is 8.87. The number of anilines is 1. The summed E-state index contributed by atoms with van der Waals surface area (Å²) >= 11 is 0. The number of rotatable bonds is 10. The van der Waals surface area contributed by atoms with E-state index in [1.807, 2.05) is 54.6 Å². The normalized spacial score (nSPS) is 13.7. The van der Waals surface area contributed by atoms with E-state index >= 15 is 0 Å². The number of hydrogen-bond donors (Lipinski definition) is 0. The summed E-state index contributed by atoms with van der Waals surface area (Å²) in [6, 6.07) is 21.6. The van der Waals surface area contributed by atoms with Crippen LogP contribution in [-0.2, 0) is 11.3 Å². The summed E-state index contributed by atoms with van der Waals surface area (Å²) in [5.41, 5.74) is 2.98. The van der Waals surface area contributed by atoms with E-state index in [2.05, 4.69) is 34.2 Å². The van der Waals surface area contributed by atoms with Gasteiger partial charge in [0.2, 0.25) is 5.95 Å². The first-order chi connectivity index (χ1) is 18.7. The molecule has 1 aromatic heterocycles. The lowest BCUT2D eigenvalue weighted by Crippen LogP contribution is -2.37. The van der Waals surface area contributed by atoms with Crippen molar-refractivity contribution in [3.63, 3.8) is 0 Å². The van der Waals surface area contributed by atoms with E-state index in [1.54, 1.807) is 7.11 Å². The molecule has 2 heterocycles. The van der Waals surface area contributed by atoms with Gasteiger partial charge < -0.3 is 23.8 Å². The van der Waals surface area contributed by atoms with Crippen LogP contribution in [0.3, 0.4) is 0 Å². The SMILES string of the molecule is COc1cc2nc(N3CCOCC3)nc(N=NCc3cccc(C)c3)c2cc1OCCOc1ccccc1. The highest BCUT2D eigenvalue weighted by atomic mass is 16.5. The van der Waals surface area contributed by atoms with Crippen LogP contribution in [-0.4, -0.2) is 56.6 Å². The van der Waals surface area contributed by atoms with Crippen molar-refractivity contribution in [1.82, 2.24) is 9.97 Å². The minimum Gasteiger partial charge on any atom is -0.493 e. The van der Waals surface area contributed by atoms with Crippen LogP contribution in [0.5, 0.6) is 17.2 Å². The fourth-order valence-corrected chi connectivity index (χ4v) is 4.18. The molecular formula is C29H31N5O4. The van der Waals surface area contributed by atoms with Crippen LogP contribution in [0.15, 0.2) is 77.0 Å². The van der Waals surface area contributed by atoms with Crippen LogP contribution in [0.1, 0.15) is 11.1 Å². The van der Waals surface area contributed by atoms with Gasteiger partial charge in [0.25, 0.3) is 0 Å². The molecule has 9 nitrogen and oxygen atoms in total. The molecule has 0 bridgehead atoms. The predicted octanol–water partition coefficient (Wildman–Crippen LogP) is 5.53. The Kier molecular flexibility index (Phi) is 8.25. The molecule has 1 saturated heterocycles. The second-order valence-electron chi connectivity index (χ2n) is 8.87. The molecule has 0 saturated carbocycles. The summed E-state index contributed by atoms with van der Waals surface area (Å²) in [6.45, 7) is 5.94. The van der Waals surface area contributed by atoms with E-state index < -0.39 is 0 Å². The standard InChI is InChI=1S/C29H31N5O4/c1-21-7-6-8-22(17-21)20-30-33-28-24-18-27(38-16-15-37-23-9-4-3-5-10-23)26(35-2)19-25(24)31-29(32-28)34-11-13-36-14-12-34/h3-10,17-19H,11-16,20H2,1-2H3. The van der Waals surface area contributed by atoms with E-state index in [4.69, 9.17) is 28.9 Å². The van der Waals surface area contributed by atoms with Gasteiger partial charge in [0.1, 0.15) is 19.0 Å². The van der Waals surface area contributed by atoms with Crippen LogP contribution in [0, 0.1) is 6.92 Å². The molecule has 4 aromatic rings. The van der Waals surface area contributed by atoms with Gasteiger partial charge in [0.05, 0.1) is 37.8 Å². The fraction of sp³-hybridized carbons (Fsp3) is 0.310. The van der Waals surface area contributed by atoms with Gasteiger partial charge in [-0.1, -0.05) is 48.0 Å². The maximum atomic E-state index is 6.04. The zero-order valence-corrected chi connectivity index (χ0v) is 21.7. The van der Waals surface area contributed by atoms with Gasteiger partial charge in [0, 0.05) is 19.2 Å². The van der Waals surface area contributed by atoms with Gasteiger partial charge in [-0.15, -0.1) is 5.11 Å². The number of ether oxygens (including phenoxy) is 4. The molecule has 0 amide bonds. The van der Waals surface area contributed by atoms with Crippen molar-refractivity contribution in [3.8, 4) is 17.2 Å². The lowest BCUT2D eigenvalue weighted by Gasteiger charge is -2.27. The van der Waals surface area contributed by atoms with Gasteiger partial charge in [0.15, 0.2) is 17.3 Å². The molecule has 1 aliphatic heterocycles. The van der Waals surface area contributed by atoms with Crippen molar-refractivity contribution in [3.05, 3.63) is 77.9 Å². The zero-order chi connectivity index (χ0) is 26.2. The molecule has 0 unspecified atom stereocenters. The number of azo groups is 1. The Morgan fingerprint density at radius 3 is 2.50 bits per heavy atom. The van der Waals surface area contributed by atoms with Crippen molar-refractivity contribution in [1.29, 1.82) is 0 Å². The molecule has 196 valence electrons. The number of hydrogen-bond acceptors (Lipinski definition) is 9. The number of methoxy groups -OCH3 is 1. The summed E-state index contributed by atoms with van der Waals surface area (Å²) in [4.78, 5) is 11.7. The molecule has 0 atom stereocenters. The third kappa shape index (κ3) is 6.36. The average molecular weight is 514 g/mol. The minimum absolute atomic E-state index is 0.341. The highest BCUT2D eigenvalue weighted by molar-refractivity contribution is 5.91. The zero-order valence-electron chi connectivity index (χ0n) is 21.7. The molecule has 1 fully saturated rings. The van der Waals surface area contributed by atoms with E-state index in [0.717, 1.165) is 16.7 Å². The van der Waals surface area contributed by atoms with Crippen molar-refractivity contribution in [2.75, 3.05) is 51.5 Å². The average Bonchev–Trinajstić information content (AvgIpc) is 2.96. The van der Waals surface area contributed by atoms with Crippen LogP contribution >= 0.6 is 0 Å². The first-order valence-corrected chi connectivity index (χ1v) is 12.7. The number of aryl methyl sites for hydroxylation is 1. The van der Waals surface area contributed by atoms with Crippen molar-refractivity contribution in [2.24, 2.45) is 10.2 Å². The van der Waals surface area contributed by atoms with Crippen molar-refractivity contribution < 1.29 is 18.9 Å². The number of nitrogens with zero attached hydrogens (tertiary/aromatic N) is 5. The highest BCUT2D eigenvalue weighted by Gasteiger charge is 2.19. The molecule has 0 aliphatic carbocycles. The molecule has 5 rings (SSSR count). The van der Waals surface area contributed by atoms with Gasteiger partial charge in [-0.05, 0) is 30.7 Å². The van der Waals surface area contributed by atoms with Crippen molar-refractivity contribution >= 4 is 22.7 Å². The molecule has 0 radical (unpaired) electrons. The molecular weight excluding hydrogens is 482 g/mol. The lowest BCUT2D eigenvalue weighted by molar-refractivity contribution is 0.122. The quantitative estimate of drug-likeness (QED) is 0.204.